The monoisotopic (exact) mass is 460 g/mol. The second kappa shape index (κ2) is 9.46. The highest BCUT2D eigenvalue weighted by Gasteiger charge is 2.22. The molecule has 0 bridgehead atoms. The molecule has 4 rings (SSSR count). The Morgan fingerprint density at radius 1 is 1.15 bits per heavy atom. The summed E-state index contributed by atoms with van der Waals surface area (Å²) in [6, 6.07) is 11.3. The number of nitrogens with one attached hydrogen (secondary N) is 1. The fraction of sp³-hybridized carbons (Fsp3) is 0.320. The zero-order chi connectivity index (χ0) is 24.3. The first-order valence-electron chi connectivity index (χ1n) is 11.1. The van der Waals surface area contributed by atoms with E-state index >= 15 is 0 Å². The number of aromatic nitrogens is 5. The Labute approximate surface area is 198 Å². The first-order valence-corrected chi connectivity index (χ1v) is 11.1. The zero-order valence-corrected chi connectivity index (χ0v) is 20.0. The van der Waals surface area contributed by atoms with Crippen LogP contribution in [0.25, 0.3) is 17.3 Å². The lowest BCUT2D eigenvalue weighted by molar-refractivity contribution is 0.0950. The average molecular weight is 461 g/mol. The summed E-state index contributed by atoms with van der Waals surface area (Å²) in [5, 5.41) is 11.4. The molecule has 9 heteroatoms. The normalized spacial score (nSPS) is 11.4. The van der Waals surface area contributed by atoms with Gasteiger partial charge in [-0.2, -0.15) is 10.1 Å². The van der Waals surface area contributed by atoms with Crippen LogP contribution in [0.5, 0.6) is 5.75 Å². The van der Waals surface area contributed by atoms with Crippen LogP contribution >= 0.6 is 0 Å². The summed E-state index contributed by atoms with van der Waals surface area (Å²) in [4.78, 5) is 21.8. The van der Waals surface area contributed by atoms with E-state index in [1.807, 2.05) is 65.0 Å². The van der Waals surface area contributed by atoms with Crippen LogP contribution < -0.4 is 10.1 Å². The molecule has 1 aromatic carbocycles. The van der Waals surface area contributed by atoms with Crippen molar-refractivity contribution in [2.75, 3.05) is 6.61 Å². The third-order valence-corrected chi connectivity index (χ3v) is 5.27. The smallest absolute Gasteiger partial charge is 0.259 e. The number of amides is 1. The van der Waals surface area contributed by atoms with Crippen molar-refractivity contribution >= 4 is 5.91 Å². The van der Waals surface area contributed by atoms with Gasteiger partial charge in [-0.3, -0.25) is 4.79 Å². The fourth-order valence-electron chi connectivity index (χ4n) is 3.36. The zero-order valence-electron chi connectivity index (χ0n) is 20.0. The predicted molar refractivity (Wildman–Crippen MR) is 127 cm³/mol. The van der Waals surface area contributed by atoms with Gasteiger partial charge in [0.15, 0.2) is 11.6 Å². The van der Waals surface area contributed by atoms with Crippen LogP contribution in [0.1, 0.15) is 55.1 Å². The van der Waals surface area contributed by atoms with Gasteiger partial charge in [0, 0.05) is 23.7 Å². The van der Waals surface area contributed by atoms with Gasteiger partial charge in [0.25, 0.3) is 11.8 Å². The van der Waals surface area contributed by atoms with Crippen LogP contribution in [0, 0.1) is 6.92 Å². The summed E-state index contributed by atoms with van der Waals surface area (Å²) < 4.78 is 12.6. The number of hydrogen-bond acceptors (Lipinski definition) is 7. The Morgan fingerprint density at radius 2 is 1.94 bits per heavy atom. The number of rotatable bonds is 7. The maximum atomic E-state index is 12.8. The highest BCUT2D eigenvalue weighted by Crippen LogP contribution is 2.24. The molecule has 3 aromatic heterocycles. The van der Waals surface area contributed by atoms with E-state index < -0.39 is 0 Å². The molecule has 4 aromatic rings. The molecule has 0 aliphatic heterocycles. The van der Waals surface area contributed by atoms with Crippen molar-refractivity contribution in [3.05, 3.63) is 71.4 Å². The number of pyridine rings is 1. The van der Waals surface area contributed by atoms with Crippen LogP contribution in [-0.4, -0.2) is 37.4 Å². The van der Waals surface area contributed by atoms with E-state index in [2.05, 4.69) is 25.5 Å². The van der Waals surface area contributed by atoms with Gasteiger partial charge in [0.05, 0.1) is 29.6 Å². The molecule has 34 heavy (non-hydrogen) atoms. The number of carbonyl (C=O) groups is 1. The molecule has 1 amide bonds. The topological polar surface area (TPSA) is 108 Å². The van der Waals surface area contributed by atoms with Crippen molar-refractivity contribution in [2.24, 2.45) is 0 Å². The number of carbonyl (C=O) groups excluding carboxylic acids is 1. The molecular weight excluding hydrogens is 432 g/mol. The Kier molecular flexibility index (Phi) is 6.45. The quantitative estimate of drug-likeness (QED) is 0.439. The highest BCUT2D eigenvalue weighted by atomic mass is 16.5. The Hall–Kier alpha value is -4.01. The Balaban J connectivity index is 1.48. The summed E-state index contributed by atoms with van der Waals surface area (Å²) in [6.45, 7) is 10.7. The maximum Gasteiger partial charge on any atom is 0.259 e. The third-order valence-electron chi connectivity index (χ3n) is 5.27. The van der Waals surface area contributed by atoms with E-state index in [4.69, 9.17) is 9.26 Å². The summed E-state index contributed by atoms with van der Waals surface area (Å²) in [5.41, 5.74) is 2.58. The average Bonchev–Trinajstić information content (AvgIpc) is 3.46. The molecule has 176 valence electrons. The minimum absolute atomic E-state index is 0.205. The number of nitrogens with zero attached hydrogens (tertiary/aromatic N) is 5. The van der Waals surface area contributed by atoms with Crippen LogP contribution in [0.15, 0.2) is 53.3 Å². The van der Waals surface area contributed by atoms with E-state index in [0.717, 1.165) is 11.3 Å². The van der Waals surface area contributed by atoms with E-state index in [-0.39, 0.29) is 11.3 Å². The summed E-state index contributed by atoms with van der Waals surface area (Å²) in [7, 11) is 0. The molecule has 0 spiro atoms. The third kappa shape index (κ3) is 4.83. The first kappa shape index (κ1) is 23.2. The van der Waals surface area contributed by atoms with Crippen molar-refractivity contribution < 1.29 is 14.1 Å². The van der Waals surface area contributed by atoms with Gasteiger partial charge < -0.3 is 14.6 Å². The van der Waals surface area contributed by atoms with Gasteiger partial charge in [-0.05, 0) is 32.0 Å². The minimum atomic E-state index is -0.216. The number of hydrogen-bond donors (Lipinski definition) is 1. The second-order valence-electron chi connectivity index (χ2n) is 8.86. The molecule has 0 aliphatic rings. The van der Waals surface area contributed by atoms with Crippen molar-refractivity contribution in [3.63, 3.8) is 0 Å². The molecule has 0 atom stereocenters. The van der Waals surface area contributed by atoms with Gasteiger partial charge in [0.2, 0.25) is 0 Å². The maximum absolute atomic E-state index is 12.8. The van der Waals surface area contributed by atoms with Crippen LogP contribution in [-0.2, 0) is 12.0 Å². The molecule has 0 saturated carbocycles. The van der Waals surface area contributed by atoms with Gasteiger partial charge in [-0.15, -0.1) is 0 Å². The van der Waals surface area contributed by atoms with Crippen LogP contribution in [0.2, 0.25) is 0 Å². The molecule has 1 N–H and O–H groups in total. The summed E-state index contributed by atoms with van der Waals surface area (Å²) in [5.74, 6) is 2.17. The van der Waals surface area contributed by atoms with E-state index in [1.54, 1.807) is 23.1 Å². The van der Waals surface area contributed by atoms with Crippen molar-refractivity contribution in [1.29, 1.82) is 0 Å². The van der Waals surface area contributed by atoms with Crippen LogP contribution in [0.3, 0.4) is 0 Å². The lowest BCUT2D eigenvalue weighted by Crippen LogP contribution is -2.23. The standard InChI is InChI=1S/C25H28N6O3/c1-6-33-20-10-8-7-9-17(20)13-27-22(32)19-15-28-31(16(19)2)21-12-11-18(14-26-21)23-29-24(30-34-23)25(3,4)5/h7-12,14-15H,6,13H2,1-5H3,(H,27,32). The lowest BCUT2D eigenvalue weighted by Gasteiger charge is -2.11. The van der Waals surface area contributed by atoms with E-state index in [9.17, 15) is 4.79 Å². The van der Waals surface area contributed by atoms with Gasteiger partial charge >= 0.3 is 0 Å². The minimum Gasteiger partial charge on any atom is -0.494 e. The van der Waals surface area contributed by atoms with Crippen molar-refractivity contribution in [3.8, 4) is 23.0 Å². The van der Waals surface area contributed by atoms with E-state index in [1.165, 1.54) is 0 Å². The predicted octanol–water partition coefficient (Wildman–Crippen LogP) is 4.25. The van der Waals surface area contributed by atoms with Gasteiger partial charge in [-0.1, -0.05) is 44.1 Å². The number of para-hydroxylation sites is 1. The molecule has 0 aliphatic carbocycles. The van der Waals surface area contributed by atoms with Crippen LogP contribution in [0.4, 0.5) is 0 Å². The molecule has 9 nitrogen and oxygen atoms in total. The molecular formula is C25H28N6O3. The SMILES string of the molecule is CCOc1ccccc1CNC(=O)c1cnn(-c2ccc(-c3nc(C(C)(C)C)no3)cn2)c1C. The fourth-order valence-corrected chi connectivity index (χ4v) is 3.36. The van der Waals surface area contributed by atoms with Gasteiger partial charge in [0.1, 0.15) is 5.75 Å². The molecule has 3 heterocycles. The Morgan fingerprint density at radius 3 is 2.62 bits per heavy atom. The van der Waals surface area contributed by atoms with Gasteiger partial charge in [-0.25, -0.2) is 9.67 Å². The number of ether oxygens (including phenoxy) is 1. The van der Waals surface area contributed by atoms with Crippen molar-refractivity contribution in [2.45, 2.75) is 46.6 Å². The molecule has 0 radical (unpaired) electrons. The van der Waals surface area contributed by atoms with Crippen molar-refractivity contribution in [1.82, 2.24) is 30.2 Å². The van der Waals surface area contributed by atoms with E-state index in [0.29, 0.717) is 47.5 Å². The molecule has 0 fully saturated rings. The lowest BCUT2D eigenvalue weighted by atomic mass is 9.96. The number of benzene rings is 1. The highest BCUT2D eigenvalue weighted by molar-refractivity contribution is 5.95. The second-order valence-corrected chi connectivity index (χ2v) is 8.86. The summed E-state index contributed by atoms with van der Waals surface area (Å²) >= 11 is 0. The largest absolute Gasteiger partial charge is 0.494 e. The summed E-state index contributed by atoms with van der Waals surface area (Å²) in [6.07, 6.45) is 3.20. The first-order chi connectivity index (χ1) is 16.3. The Bertz CT molecular complexity index is 1280. The molecule has 0 unspecified atom stereocenters. The molecule has 0 saturated heterocycles.